The molecule has 0 bridgehead atoms. The molecular formula is C11H10N2O6. The monoisotopic (exact) mass is 266 g/mol. The second kappa shape index (κ2) is 4.63. The fourth-order valence-corrected chi connectivity index (χ4v) is 1.71. The molecule has 2 aliphatic heterocycles. The highest BCUT2D eigenvalue weighted by molar-refractivity contribution is 6.17. The first kappa shape index (κ1) is 12.9. The molecule has 1 fully saturated rings. The van der Waals surface area contributed by atoms with Crippen LogP contribution in [0.15, 0.2) is 11.6 Å². The largest absolute Gasteiger partial charge is 0.352 e. The molecule has 0 atom stereocenters. The summed E-state index contributed by atoms with van der Waals surface area (Å²) in [7, 11) is 0. The van der Waals surface area contributed by atoms with E-state index in [1.807, 2.05) is 0 Å². The number of hydrogen-bond donors (Lipinski definition) is 0. The minimum Gasteiger partial charge on any atom is -0.328 e. The lowest BCUT2D eigenvalue weighted by molar-refractivity contribution is -0.198. The zero-order valence-corrected chi connectivity index (χ0v) is 10.0. The third kappa shape index (κ3) is 2.37. The van der Waals surface area contributed by atoms with E-state index >= 15 is 0 Å². The molecule has 0 saturated carbocycles. The van der Waals surface area contributed by atoms with Crippen molar-refractivity contribution < 1.29 is 28.8 Å². The quantitative estimate of drug-likeness (QED) is 0.601. The topological polar surface area (TPSA) is 101 Å². The smallest absolute Gasteiger partial charge is 0.328 e. The molecule has 100 valence electrons. The average Bonchev–Trinajstić information content (AvgIpc) is 2.77. The predicted octanol–water partition coefficient (Wildman–Crippen LogP) is -1.09. The van der Waals surface area contributed by atoms with Gasteiger partial charge in [0.15, 0.2) is 0 Å². The molecule has 8 heteroatoms. The van der Waals surface area contributed by atoms with Crippen molar-refractivity contribution in [1.29, 1.82) is 0 Å². The van der Waals surface area contributed by atoms with E-state index in [2.05, 4.69) is 4.84 Å². The number of hydroxylamine groups is 2. The van der Waals surface area contributed by atoms with Crippen LogP contribution in [0.3, 0.4) is 0 Å². The molecule has 19 heavy (non-hydrogen) atoms. The van der Waals surface area contributed by atoms with Gasteiger partial charge in [0, 0.05) is 24.5 Å². The van der Waals surface area contributed by atoms with Crippen LogP contribution in [0.4, 0.5) is 0 Å². The van der Waals surface area contributed by atoms with E-state index in [-0.39, 0.29) is 18.4 Å². The van der Waals surface area contributed by atoms with Crippen molar-refractivity contribution in [2.24, 2.45) is 0 Å². The summed E-state index contributed by atoms with van der Waals surface area (Å²) in [5.41, 5.74) is 0.214. The van der Waals surface area contributed by atoms with Gasteiger partial charge in [-0.2, -0.15) is 0 Å². The standard InChI is InChI=1S/C11H10N2O6/c1-6-4-9(16)12(11(6)18)5-10(17)19-13-7(14)2-3-8(13)15/h4H,2-3,5H2,1H3. The predicted molar refractivity (Wildman–Crippen MR) is 57.7 cm³/mol. The van der Waals surface area contributed by atoms with Gasteiger partial charge < -0.3 is 4.84 Å². The van der Waals surface area contributed by atoms with Crippen LogP contribution in [0.5, 0.6) is 0 Å². The van der Waals surface area contributed by atoms with Crippen LogP contribution in [-0.2, 0) is 28.8 Å². The number of carbonyl (C=O) groups excluding carboxylic acids is 5. The summed E-state index contributed by atoms with van der Waals surface area (Å²) >= 11 is 0. The second-order valence-corrected chi connectivity index (χ2v) is 4.10. The Hall–Kier alpha value is -2.51. The summed E-state index contributed by atoms with van der Waals surface area (Å²) in [6.07, 6.45) is 1.06. The maximum atomic E-state index is 11.5. The lowest BCUT2D eigenvalue weighted by atomic mass is 10.3. The molecule has 0 spiro atoms. The van der Waals surface area contributed by atoms with E-state index in [1.165, 1.54) is 6.92 Å². The zero-order chi connectivity index (χ0) is 14.2. The third-order valence-corrected chi connectivity index (χ3v) is 2.67. The minimum absolute atomic E-state index is 0.0195. The van der Waals surface area contributed by atoms with Crippen molar-refractivity contribution in [3.8, 4) is 0 Å². The Labute approximate surface area is 107 Å². The van der Waals surface area contributed by atoms with Gasteiger partial charge in [-0.05, 0) is 6.92 Å². The minimum atomic E-state index is -1.02. The van der Waals surface area contributed by atoms with E-state index < -0.39 is 36.1 Å². The van der Waals surface area contributed by atoms with Crippen molar-refractivity contribution >= 4 is 29.6 Å². The van der Waals surface area contributed by atoms with E-state index in [1.54, 1.807) is 0 Å². The lowest BCUT2D eigenvalue weighted by Crippen LogP contribution is -2.40. The van der Waals surface area contributed by atoms with Crippen LogP contribution < -0.4 is 0 Å². The summed E-state index contributed by atoms with van der Waals surface area (Å²) in [5.74, 6) is -3.48. The third-order valence-electron chi connectivity index (χ3n) is 2.67. The molecule has 0 N–H and O–H groups in total. The summed E-state index contributed by atoms with van der Waals surface area (Å²) in [6, 6.07) is 0. The van der Waals surface area contributed by atoms with Gasteiger partial charge in [-0.1, -0.05) is 0 Å². The van der Waals surface area contributed by atoms with Crippen molar-refractivity contribution in [2.45, 2.75) is 19.8 Å². The Morgan fingerprint density at radius 1 is 1.21 bits per heavy atom. The summed E-state index contributed by atoms with van der Waals surface area (Å²) in [6.45, 7) is 0.807. The SMILES string of the molecule is CC1=CC(=O)N(CC(=O)ON2C(=O)CCC2=O)C1=O. The Morgan fingerprint density at radius 2 is 1.79 bits per heavy atom. The van der Waals surface area contributed by atoms with Gasteiger partial charge in [0.2, 0.25) is 0 Å². The van der Waals surface area contributed by atoms with Gasteiger partial charge in [0.1, 0.15) is 6.54 Å². The Kier molecular flexibility index (Phi) is 3.16. The number of hydrogen-bond acceptors (Lipinski definition) is 6. The summed E-state index contributed by atoms with van der Waals surface area (Å²) in [4.78, 5) is 62.0. The number of carbonyl (C=O) groups is 5. The van der Waals surface area contributed by atoms with Crippen molar-refractivity contribution in [3.63, 3.8) is 0 Å². The molecule has 0 aromatic rings. The molecule has 0 aromatic carbocycles. The lowest BCUT2D eigenvalue weighted by Gasteiger charge is -2.16. The highest BCUT2D eigenvalue weighted by Gasteiger charge is 2.35. The van der Waals surface area contributed by atoms with Gasteiger partial charge in [-0.3, -0.25) is 24.1 Å². The van der Waals surface area contributed by atoms with Crippen molar-refractivity contribution in [3.05, 3.63) is 11.6 Å². The molecule has 0 aromatic heterocycles. The first-order chi connectivity index (χ1) is 8.90. The van der Waals surface area contributed by atoms with E-state index in [0.29, 0.717) is 9.96 Å². The fraction of sp³-hybridized carbons (Fsp3) is 0.364. The Morgan fingerprint density at radius 3 is 2.26 bits per heavy atom. The van der Waals surface area contributed by atoms with Gasteiger partial charge in [0.05, 0.1) is 0 Å². The maximum absolute atomic E-state index is 11.5. The Balaban J connectivity index is 1.96. The number of rotatable bonds is 3. The molecule has 2 aliphatic rings. The van der Waals surface area contributed by atoms with Crippen molar-refractivity contribution in [2.75, 3.05) is 6.54 Å². The molecule has 0 unspecified atom stereocenters. The van der Waals surface area contributed by atoms with Crippen LogP contribution in [0.2, 0.25) is 0 Å². The summed E-state index contributed by atoms with van der Waals surface area (Å²) < 4.78 is 0. The van der Waals surface area contributed by atoms with Crippen LogP contribution in [0.1, 0.15) is 19.8 Å². The van der Waals surface area contributed by atoms with Crippen molar-refractivity contribution in [1.82, 2.24) is 9.96 Å². The average molecular weight is 266 g/mol. The molecule has 2 rings (SSSR count). The first-order valence-corrected chi connectivity index (χ1v) is 5.51. The molecular weight excluding hydrogens is 256 g/mol. The van der Waals surface area contributed by atoms with Gasteiger partial charge >= 0.3 is 5.97 Å². The van der Waals surface area contributed by atoms with Crippen LogP contribution in [-0.4, -0.2) is 46.1 Å². The number of imide groups is 2. The number of amides is 4. The Bertz CT molecular complexity index is 519. The second-order valence-electron chi connectivity index (χ2n) is 4.10. The van der Waals surface area contributed by atoms with E-state index in [4.69, 9.17) is 0 Å². The van der Waals surface area contributed by atoms with Crippen LogP contribution >= 0.6 is 0 Å². The van der Waals surface area contributed by atoms with E-state index in [0.717, 1.165) is 6.08 Å². The maximum Gasteiger partial charge on any atom is 0.352 e. The summed E-state index contributed by atoms with van der Waals surface area (Å²) in [5, 5.41) is 0.369. The van der Waals surface area contributed by atoms with Crippen LogP contribution in [0, 0.1) is 0 Å². The van der Waals surface area contributed by atoms with Crippen LogP contribution in [0.25, 0.3) is 0 Å². The van der Waals surface area contributed by atoms with Gasteiger partial charge in [-0.15, -0.1) is 5.06 Å². The zero-order valence-electron chi connectivity index (χ0n) is 10.0. The molecule has 1 saturated heterocycles. The molecule has 4 amide bonds. The molecule has 0 aliphatic carbocycles. The number of nitrogens with zero attached hydrogens (tertiary/aromatic N) is 2. The molecule has 2 heterocycles. The highest BCUT2D eigenvalue weighted by Crippen LogP contribution is 2.14. The highest BCUT2D eigenvalue weighted by atomic mass is 16.7. The van der Waals surface area contributed by atoms with Gasteiger partial charge in [0.25, 0.3) is 23.6 Å². The molecule has 0 radical (unpaired) electrons. The normalized spacial score (nSPS) is 19.3. The van der Waals surface area contributed by atoms with E-state index in [9.17, 15) is 24.0 Å². The fourth-order valence-electron chi connectivity index (χ4n) is 1.71. The first-order valence-electron chi connectivity index (χ1n) is 5.51. The molecule has 8 nitrogen and oxygen atoms in total. The van der Waals surface area contributed by atoms with Gasteiger partial charge in [-0.25, -0.2) is 4.79 Å².